The smallest absolute Gasteiger partial charge is 0.200 e. The van der Waals surface area contributed by atoms with Gasteiger partial charge in [0.15, 0.2) is 23.3 Å². The van der Waals surface area contributed by atoms with Crippen molar-refractivity contribution in [1.82, 2.24) is 0 Å². The molecule has 1 nitrogen and oxygen atoms in total. The van der Waals surface area contributed by atoms with Crippen molar-refractivity contribution in [2.45, 2.75) is 18.2 Å². The van der Waals surface area contributed by atoms with Crippen LogP contribution in [-0.2, 0) is 4.79 Å². The predicted molar refractivity (Wildman–Crippen MR) is 61.4 cm³/mol. The monoisotopic (exact) mass is 296 g/mol. The van der Waals surface area contributed by atoms with Crippen LogP contribution in [-0.4, -0.2) is 11.5 Å². The number of hydrogen-bond donors (Lipinski definition) is 0. The average molecular weight is 296 g/mol. The molecule has 0 aromatic heterocycles. The van der Waals surface area contributed by atoms with E-state index in [0.717, 1.165) is 0 Å². The van der Waals surface area contributed by atoms with Crippen molar-refractivity contribution < 1.29 is 26.7 Å². The van der Waals surface area contributed by atoms with E-state index in [1.54, 1.807) is 0 Å². The molecule has 0 aliphatic carbocycles. The molecule has 0 amide bonds. The molecule has 0 spiro atoms. The molecule has 104 valence electrons. The first-order chi connectivity index (χ1) is 8.86. The molecule has 0 saturated carbocycles. The van der Waals surface area contributed by atoms with Gasteiger partial charge in [0, 0.05) is 12.2 Å². The van der Waals surface area contributed by atoms with Crippen LogP contribution in [0.1, 0.15) is 13.3 Å². The van der Waals surface area contributed by atoms with Crippen LogP contribution in [0.3, 0.4) is 0 Å². The molecule has 7 heteroatoms. The molecular weight excluding hydrogens is 287 g/mol. The van der Waals surface area contributed by atoms with Crippen LogP contribution in [0.5, 0.6) is 0 Å². The summed E-state index contributed by atoms with van der Waals surface area (Å²) in [6, 6.07) is 0. The van der Waals surface area contributed by atoms with E-state index >= 15 is 0 Å². The first-order valence-corrected chi connectivity index (χ1v) is 6.13. The number of benzene rings is 1. The van der Waals surface area contributed by atoms with Crippen LogP contribution >= 0.6 is 11.8 Å². The Kier molecular flexibility index (Phi) is 5.53. The van der Waals surface area contributed by atoms with Crippen molar-refractivity contribution in [3.8, 4) is 0 Å². The summed E-state index contributed by atoms with van der Waals surface area (Å²) in [5.74, 6) is -9.90. The topological polar surface area (TPSA) is 17.1 Å². The van der Waals surface area contributed by atoms with E-state index in [1.807, 2.05) is 0 Å². The Hall–Kier alpha value is -1.37. The maximum Gasteiger partial charge on any atom is 0.200 e. The fourth-order valence-corrected chi connectivity index (χ4v) is 1.99. The largest absolute Gasteiger partial charge is 0.300 e. The number of thioether (sulfide) groups is 1. The van der Waals surface area contributed by atoms with Crippen LogP contribution in [0.25, 0.3) is 0 Å². The number of Topliss-reactive ketones (excluding diaryl/α,β-unsaturated/α-hetero) is 1. The zero-order valence-corrected chi connectivity index (χ0v) is 10.6. The van der Waals surface area contributed by atoms with E-state index in [2.05, 4.69) is 0 Å². The van der Waals surface area contributed by atoms with Crippen molar-refractivity contribution >= 4 is 17.5 Å². The summed E-state index contributed by atoms with van der Waals surface area (Å²) in [5, 5.41) is 0. The zero-order valence-electron chi connectivity index (χ0n) is 9.78. The normalized spacial score (nSPS) is 11.3. The van der Waals surface area contributed by atoms with E-state index in [4.69, 9.17) is 0 Å². The highest BCUT2D eigenvalue weighted by Gasteiger charge is 2.25. The molecule has 0 radical (unpaired) electrons. The molecule has 0 unspecified atom stereocenters. The van der Waals surface area contributed by atoms with Crippen LogP contribution in [0.15, 0.2) is 17.0 Å². The first kappa shape index (κ1) is 15.7. The summed E-state index contributed by atoms with van der Waals surface area (Å²) >= 11 is 0.468. The molecule has 1 aromatic carbocycles. The SMILES string of the molecule is CC(=O)C/C=C/CSc1c(F)c(F)c(F)c(F)c1F. The fraction of sp³-hybridized carbons (Fsp3) is 0.250. The van der Waals surface area contributed by atoms with Crippen LogP contribution in [0.2, 0.25) is 0 Å². The number of allylic oxidation sites excluding steroid dienone is 1. The van der Waals surface area contributed by atoms with Gasteiger partial charge in [-0.2, -0.15) is 0 Å². The lowest BCUT2D eigenvalue weighted by molar-refractivity contribution is -0.116. The molecule has 0 saturated heterocycles. The van der Waals surface area contributed by atoms with Crippen LogP contribution in [0.4, 0.5) is 22.0 Å². The second-order valence-corrected chi connectivity index (χ2v) is 4.62. The molecule has 0 heterocycles. The van der Waals surface area contributed by atoms with Gasteiger partial charge in [-0.25, -0.2) is 22.0 Å². The lowest BCUT2D eigenvalue weighted by Crippen LogP contribution is -2.03. The minimum atomic E-state index is -2.17. The average Bonchev–Trinajstić information content (AvgIpc) is 2.37. The predicted octanol–water partition coefficient (Wildman–Crippen LogP) is 4.01. The van der Waals surface area contributed by atoms with Gasteiger partial charge in [-0.1, -0.05) is 12.2 Å². The van der Waals surface area contributed by atoms with E-state index < -0.39 is 34.0 Å². The molecule has 0 bridgehead atoms. The van der Waals surface area contributed by atoms with Crippen molar-refractivity contribution in [1.29, 1.82) is 0 Å². The maximum absolute atomic E-state index is 13.2. The maximum atomic E-state index is 13.2. The highest BCUT2D eigenvalue weighted by Crippen LogP contribution is 2.30. The number of rotatable bonds is 5. The van der Waals surface area contributed by atoms with Gasteiger partial charge in [0.2, 0.25) is 5.82 Å². The van der Waals surface area contributed by atoms with E-state index in [-0.39, 0.29) is 18.0 Å². The van der Waals surface area contributed by atoms with Crippen molar-refractivity contribution in [2.24, 2.45) is 0 Å². The molecule has 0 aliphatic heterocycles. The second-order valence-electron chi connectivity index (χ2n) is 3.59. The Bertz CT molecular complexity index is 498. The number of carbonyl (C=O) groups is 1. The third kappa shape index (κ3) is 3.79. The summed E-state index contributed by atoms with van der Waals surface area (Å²) in [6.45, 7) is 1.36. The number of halogens is 5. The number of ketones is 1. The van der Waals surface area contributed by atoms with Crippen molar-refractivity contribution in [3.05, 3.63) is 41.2 Å². The standard InChI is InChI=1S/C12H9F5OS/c1-6(18)4-2-3-5-19-12-10(16)8(14)7(13)9(15)11(12)17/h2-3H,4-5H2,1H3/b3-2+. The molecule has 1 rings (SSSR count). The van der Waals surface area contributed by atoms with Gasteiger partial charge in [0.05, 0.1) is 4.90 Å². The zero-order chi connectivity index (χ0) is 14.6. The van der Waals surface area contributed by atoms with Gasteiger partial charge in [0.1, 0.15) is 5.78 Å². The Labute approximate surface area is 110 Å². The highest BCUT2D eigenvalue weighted by molar-refractivity contribution is 7.99. The van der Waals surface area contributed by atoms with Crippen molar-refractivity contribution in [3.63, 3.8) is 0 Å². The summed E-state index contributed by atoms with van der Waals surface area (Å²) in [4.78, 5) is 9.67. The number of carbonyl (C=O) groups excluding carboxylic acids is 1. The Morgan fingerprint density at radius 2 is 1.42 bits per heavy atom. The molecule has 0 N–H and O–H groups in total. The molecule has 0 aliphatic rings. The van der Waals surface area contributed by atoms with Gasteiger partial charge in [-0.15, -0.1) is 11.8 Å². The minimum absolute atomic E-state index is 0.00830. The molecular formula is C12H9F5OS. The molecule has 19 heavy (non-hydrogen) atoms. The van der Waals surface area contributed by atoms with Crippen LogP contribution < -0.4 is 0 Å². The minimum Gasteiger partial charge on any atom is -0.300 e. The Morgan fingerprint density at radius 3 is 1.89 bits per heavy atom. The molecule has 0 atom stereocenters. The third-order valence-electron chi connectivity index (χ3n) is 2.07. The summed E-state index contributed by atoms with van der Waals surface area (Å²) in [5.41, 5.74) is 0. The van der Waals surface area contributed by atoms with Gasteiger partial charge in [0.25, 0.3) is 0 Å². The van der Waals surface area contributed by atoms with Gasteiger partial charge in [-0.05, 0) is 6.92 Å². The summed E-state index contributed by atoms with van der Waals surface area (Å²) < 4.78 is 64.9. The fourth-order valence-electron chi connectivity index (χ4n) is 1.16. The van der Waals surface area contributed by atoms with E-state index in [1.165, 1.54) is 19.1 Å². The second kappa shape index (κ2) is 6.70. The van der Waals surface area contributed by atoms with Crippen LogP contribution in [0, 0.1) is 29.1 Å². The lowest BCUT2D eigenvalue weighted by atomic mass is 10.3. The van der Waals surface area contributed by atoms with E-state index in [9.17, 15) is 26.7 Å². The molecule has 0 fully saturated rings. The number of hydrogen-bond acceptors (Lipinski definition) is 2. The summed E-state index contributed by atoms with van der Waals surface area (Å²) in [6.07, 6.45) is 3.03. The van der Waals surface area contributed by atoms with Gasteiger partial charge >= 0.3 is 0 Å². The third-order valence-corrected chi connectivity index (χ3v) is 3.07. The van der Waals surface area contributed by atoms with Gasteiger partial charge < -0.3 is 0 Å². The van der Waals surface area contributed by atoms with E-state index in [0.29, 0.717) is 11.8 Å². The Balaban J connectivity index is 2.85. The lowest BCUT2D eigenvalue weighted by Gasteiger charge is -2.06. The molecule has 1 aromatic rings. The van der Waals surface area contributed by atoms with Crippen molar-refractivity contribution in [2.75, 3.05) is 5.75 Å². The van der Waals surface area contributed by atoms with Gasteiger partial charge in [-0.3, -0.25) is 4.79 Å². The quantitative estimate of drug-likeness (QED) is 0.268. The Morgan fingerprint density at radius 1 is 0.947 bits per heavy atom. The first-order valence-electron chi connectivity index (χ1n) is 5.15. The highest BCUT2D eigenvalue weighted by atomic mass is 32.2. The summed E-state index contributed by atoms with van der Waals surface area (Å²) in [7, 11) is 0.